The van der Waals surface area contributed by atoms with Crippen LogP contribution >= 0.6 is 15.9 Å². The van der Waals surface area contributed by atoms with Gasteiger partial charge in [0.2, 0.25) is 21.8 Å². The quantitative estimate of drug-likeness (QED) is 0.635. The van der Waals surface area contributed by atoms with Gasteiger partial charge in [-0.1, -0.05) is 46.3 Å². The molecule has 0 saturated carbocycles. The number of carbonyl (C=O) groups is 2. The Morgan fingerprint density at radius 1 is 1.09 bits per heavy atom. The second-order valence-electron chi connectivity index (χ2n) is 8.65. The number of sulfonamides is 1. The maximum absolute atomic E-state index is 13.6. The van der Waals surface area contributed by atoms with Crippen molar-refractivity contribution < 1.29 is 18.0 Å². The molecule has 2 aliphatic rings. The monoisotopic (exact) mass is 533 g/mol. The highest BCUT2D eigenvalue weighted by Gasteiger charge is 2.37. The summed E-state index contributed by atoms with van der Waals surface area (Å²) in [5.41, 5.74) is 2.37. The molecule has 2 aromatic carbocycles. The van der Waals surface area contributed by atoms with E-state index in [1.54, 1.807) is 11.0 Å². The van der Waals surface area contributed by atoms with Gasteiger partial charge in [0, 0.05) is 36.9 Å². The summed E-state index contributed by atoms with van der Waals surface area (Å²) in [5, 5.41) is 3.05. The number of halogens is 1. The van der Waals surface area contributed by atoms with Crippen molar-refractivity contribution in [3.8, 4) is 0 Å². The first-order valence-corrected chi connectivity index (χ1v) is 13.4. The summed E-state index contributed by atoms with van der Waals surface area (Å²) in [6, 6.07) is 13.1. The number of nitrogens with one attached hydrogen (secondary N) is 1. The van der Waals surface area contributed by atoms with E-state index >= 15 is 0 Å². The molecule has 1 unspecified atom stereocenters. The number of amides is 2. The number of carbonyl (C=O) groups excluding carboxylic acids is 2. The molecule has 1 N–H and O–H groups in total. The molecule has 4 rings (SSSR count). The summed E-state index contributed by atoms with van der Waals surface area (Å²) in [4.78, 5) is 26.6. The van der Waals surface area contributed by atoms with Gasteiger partial charge in [-0.15, -0.1) is 0 Å². The maximum Gasteiger partial charge on any atom is 0.245 e. The van der Waals surface area contributed by atoms with Crippen LogP contribution in [-0.2, 0) is 26.0 Å². The van der Waals surface area contributed by atoms with Gasteiger partial charge in [-0.25, -0.2) is 8.42 Å². The minimum Gasteiger partial charge on any atom is -0.349 e. The van der Waals surface area contributed by atoms with Crippen molar-refractivity contribution in [3.63, 3.8) is 0 Å². The number of benzene rings is 2. The Balaban J connectivity index is 1.47. The Labute approximate surface area is 203 Å². The molecule has 0 aromatic heterocycles. The third-order valence-electron chi connectivity index (χ3n) is 6.47. The Morgan fingerprint density at radius 2 is 1.76 bits per heavy atom. The van der Waals surface area contributed by atoms with E-state index in [9.17, 15) is 18.0 Å². The number of fused-ring (bicyclic) bond motifs is 1. The Hall–Kier alpha value is -2.23. The summed E-state index contributed by atoms with van der Waals surface area (Å²) < 4.78 is 29.3. The molecule has 1 saturated heterocycles. The normalized spacial score (nSPS) is 18.1. The molecule has 33 heavy (non-hydrogen) atoms. The molecule has 0 radical (unpaired) electrons. The molecule has 2 aromatic rings. The zero-order valence-electron chi connectivity index (χ0n) is 18.8. The molecule has 2 aliphatic heterocycles. The zero-order chi connectivity index (χ0) is 23.8. The molecule has 1 atom stereocenters. The predicted octanol–water partition coefficient (Wildman–Crippen LogP) is 3.64. The fourth-order valence-corrected chi connectivity index (χ4v) is 7.02. The average molecular weight is 534 g/mol. The van der Waals surface area contributed by atoms with Crippen molar-refractivity contribution >= 4 is 43.5 Å². The van der Waals surface area contributed by atoms with Gasteiger partial charge < -0.3 is 10.2 Å². The number of hydrogen-bond donors (Lipinski definition) is 1. The summed E-state index contributed by atoms with van der Waals surface area (Å²) in [7, 11) is -3.81. The first-order chi connectivity index (χ1) is 15.7. The molecule has 7 nitrogen and oxygen atoms in total. The van der Waals surface area contributed by atoms with Gasteiger partial charge >= 0.3 is 0 Å². The second-order valence-corrected chi connectivity index (χ2v) is 11.5. The minimum absolute atomic E-state index is 0.0468. The lowest BCUT2D eigenvalue weighted by Gasteiger charge is -2.32. The smallest absolute Gasteiger partial charge is 0.245 e. The van der Waals surface area contributed by atoms with Crippen LogP contribution in [0.2, 0.25) is 0 Å². The molecule has 1 fully saturated rings. The van der Waals surface area contributed by atoms with Crippen LogP contribution in [0.15, 0.2) is 51.8 Å². The SMILES string of the molecule is CC(=O)N1CCc2cc(Br)cc(S(=O)(=O)N3CCC(C(=O)NC(C)c4ccccc4)CC3)c21. The number of piperidine rings is 1. The van der Waals surface area contributed by atoms with Crippen molar-refractivity contribution in [1.29, 1.82) is 0 Å². The average Bonchev–Trinajstić information content (AvgIpc) is 3.23. The lowest BCUT2D eigenvalue weighted by molar-refractivity contribution is -0.126. The lowest BCUT2D eigenvalue weighted by Crippen LogP contribution is -2.43. The van der Waals surface area contributed by atoms with Crippen LogP contribution in [0.4, 0.5) is 5.69 Å². The standard InChI is InChI=1S/C24H28BrN3O4S/c1-16(18-6-4-3-5-7-18)26-24(30)19-8-11-27(12-9-19)33(31,32)22-15-21(25)14-20-10-13-28(17(2)29)23(20)22/h3-7,14-16,19H,8-13H2,1-2H3,(H,26,30). The summed E-state index contributed by atoms with van der Waals surface area (Å²) in [6.45, 7) is 4.41. The van der Waals surface area contributed by atoms with Gasteiger partial charge in [-0.05, 0) is 49.4 Å². The zero-order valence-corrected chi connectivity index (χ0v) is 21.2. The van der Waals surface area contributed by atoms with E-state index in [-0.39, 0.29) is 41.8 Å². The van der Waals surface area contributed by atoms with Crippen molar-refractivity contribution in [1.82, 2.24) is 9.62 Å². The number of anilines is 1. The van der Waals surface area contributed by atoms with Crippen LogP contribution in [-0.4, -0.2) is 44.2 Å². The number of nitrogens with zero attached hydrogens (tertiary/aromatic N) is 2. The maximum atomic E-state index is 13.6. The van der Waals surface area contributed by atoms with Gasteiger partial charge in [0.15, 0.2) is 0 Å². The van der Waals surface area contributed by atoms with E-state index in [1.165, 1.54) is 11.2 Å². The van der Waals surface area contributed by atoms with Crippen LogP contribution in [0.1, 0.15) is 43.9 Å². The van der Waals surface area contributed by atoms with Gasteiger partial charge in [0.25, 0.3) is 0 Å². The Morgan fingerprint density at radius 3 is 2.39 bits per heavy atom. The number of hydrogen-bond acceptors (Lipinski definition) is 4. The van der Waals surface area contributed by atoms with Crippen molar-refractivity contribution in [3.05, 3.63) is 58.1 Å². The first-order valence-electron chi connectivity index (χ1n) is 11.1. The van der Waals surface area contributed by atoms with Gasteiger partial charge in [-0.3, -0.25) is 9.59 Å². The Bertz CT molecular complexity index is 1160. The summed E-state index contributed by atoms with van der Waals surface area (Å²) in [6.07, 6.45) is 1.54. The molecule has 0 spiro atoms. The second kappa shape index (κ2) is 9.56. The van der Waals surface area contributed by atoms with E-state index in [4.69, 9.17) is 0 Å². The lowest BCUT2D eigenvalue weighted by atomic mass is 9.96. The highest BCUT2D eigenvalue weighted by molar-refractivity contribution is 9.10. The Kier molecular flexibility index (Phi) is 6.93. The molecule has 176 valence electrons. The van der Waals surface area contributed by atoms with Crippen molar-refractivity contribution in [2.75, 3.05) is 24.5 Å². The van der Waals surface area contributed by atoms with E-state index in [0.717, 1.165) is 11.1 Å². The fraction of sp³-hybridized carbons (Fsp3) is 0.417. The topological polar surface area (TPSA) is 86.8 Å². The molecule has 2 amide bonds. The van der Waals surface area contributed by atoms with Crippen molar-refractivity contribution in [2.45, 2.75) is 44.0 Å². The van der Waals surface area contributed by atoms with Crippen LogP contribution in [0.25, 0.3) is 0 Å². The number of rotatable bonds is 5. The molecule has 9 heteroatoms. The van der Waals surface area contributed by atoms with Crippen LogP contribution in [0.3, 0.4) is 0 Å². The largest absolute Gasteiger partial charge is 0.349 e. The van der Waals surface area contributed by atoms with Gasteiger partial charge in [0.05, 0.1) is 11.7 Å². The van der Waals surface area contributed by atoms with E-state index in [1.807, 2.05) is 43.3 Å². The van der Waals surface area contributed by atoms with Gasteiger partial charge in [0.1, 0.15) is 4.90 Å². The van der Waals surface area contributed by atoms with Crippen LogP contribution < -0.4 is 10.2 Å². The van der Waals surface area contributed by atoms with Crippen LogP contribution in [0.5, 0.6) is 0 Å². The van der Waals surface area contributed by atoms with E-state index in [0.29, 0.717) is 36.0 Å². The first kappa shape index (κ1) is 23.9. The van der Waals surface area contributed by atoms with Crippen LogP contribution in [0, 0.1) is 5.92 Å². The van der Waals surface area contributed by atoms with Crippen molar-refractivity contribution in [2.24, 2.45) is 5.92 Å². The fourth-order valence-electron chi connectivity index (χ4n) is 4.63. The summed E-state index contributed by atoms with van der Waals surface area (Å²) in [5.74, 6) is -0.450. The van der Waals surface area contributed by atoms with E-state index < -0.39 is 10.0 Å². The molecule has 0 bridgehead atoms. The minimum atomic E-state index is -3.81. The predicted molar refractivity (Wildman–Crippen MR) is 130 cm³/mol. The van der Waals surface area contributed by atoms with Gasteiger partial charge in [-0.2, -0.15) is 4.31 Å². The third-order valence-corrected chi connectivity index (χ3v) is 8.84. The highest BCUT2D eigenvalue weighted by Crippen LogP contribution is 2.39. The molecular formula is C24H28BrN3O4S. The third kappa shape index (κ3) is 4.85. The summed E-state index contributed by atoms with van der Waals surface area (Å²) >= 11 is 3.42. The molecule has 0 aliphatic carbocycles. The molecular weight excluding hydrogens is 506 g/mol. The van der Waals surface area contributed by atoms with E-state index in [2.05, 4.69) is 21.2 Å². The molecule has 2 heterocycles. The highest BCUT2D eigenvalue weighted by atomic mass is 79.9.